The van der Waals surface area contributed by atoms with Crippen LogP contribution in [0.15, 0.2) is 36.5 Å². The molecular formula is C30H41FN6OS. The molecule has 2 fully saturated rings. The van der Waals surface area contributed by atoms with Crippen molar-refractivity contribution in [3.63, 3.8) is 0 Å². The van der Waals surface area contributed by atoms with Crippen molar-refractivity contribution in [2.24, 2.45) is 5.41 Å². The lowest BCUT2D eigenvalue weighted by atomic mass is 9.57. The van der Waals surface area contributed by atoms with Crippen LogP contribution in [-0.2, 0) is 0 Å². The number of anilines is 1. The summed E-state index contributed by atoms with van der Waals surface area (Å²) >= 11 is 1.33. The van der Waals surface area contributed by atoms with Gasteiger partial charge in [-0.15, -0.1) is 0 Å². The number of nitrogens with one attached hydrogen (secondary N) is 2. The third-order valence-electron chi connectivity index (χ3n) is 7.17. The number of halogens is 1. The Kier molecular flexibility index (Phi) is 11.3. The third kappa shape index (κ3) is 7.18. The molecule has 2 heterocycles. The number of nitrogens with zero attached hydrogens (tertiary/aromatic N) is 4. The molecule has 210 valence electrons. The van der Waals surface area contributed by atoms with Crippen molar-refractivity contribution in [2.45, 2.75) is 66.2 Å². The van der Waals surface area contributed by atoms with Crippen LogP contribution in [0.4, 0.5) is 10.1 Å². The molecule has 2 N–H and O–H groups in total. The van der Waals surface area contributed by atoms with Crippen LogP contribution < -0.4 is 14.8 Å². The second-order valence-corrected chi connectivity index (χ2v) is 10.5. The summed E-state index contributed by atoms with van der Waals surface area (Å²) in [7, 11) is 1.92. The molecule has 2 aromatic carbocycles. The number of nitriles is 1. The largest absolute Gasteiger partial charge is 0.453 e. The van der Waals surface area contributed by atoms with Gasteiger partial charge in [0.15, 0.2) is 11.6 Å². The van der Waals surface area contributed by atoms with Gasteiger partial charge in [-0.2, -0.15) is 5.26 Å². The number of piperidine rings is 1. The average molecular weight is 553 g/mol. The van der Waals surface area contributed by atoms with Crippen molar-refractivity contribution in [1.29, 1.82) is 5.26 Å². The van der Waals surface area contributed by atoms with Crippen molar-refractivity contribution in [3.8, 4) is 17.6 Å². The van der Waals surface area contributed by atoms with Gasteiger partial charge >= 0.3 is 0 Å². The standard InChI is InChI=1S/C26H29FN6OS.2C2H6/c1-3-33(2)35-32-21-7-5-20(27)25(19(21)15-28)34-18-4-6-22-23(12-18)31-24(16-30-22)17-13-26(14-17)8-10-29-11-9-26;2*1-2/h4-7,12,16-17,29,32H,3,8-11,13-14H2,1-2H3;2*1-2H3. The molecule has 0 amide bonds. The zero-order chi connectivity index (χ0) is 28.4. The van der Waals surface area contributed by atoms with E-state index in [1.54, 1.807) is 18.2 Å². The molecule has 1 saturated carbocycles. The van der Waals surface area contributed by atoms with Gasteiger partial charge in [0.25, 0.3) is 0 Å². The first-order valence-corrected chi connectivity index (χ1v) is 14.8. The topological polar surface area (TPSA) is 86.1 Å². The van der Waals surface area contributed by atoms with Crippen LogP contribution in [0.2, 0.25) is 0 Å². The number of benzene rings is 2. The zero-order valence-electron chi connectivity index (χ0n) is 24.0. The van der Waals surface area contributed by atoms with Crippen LogP contribution in [0, 0.1) is 22.6 Å². The molecule has 0 unspecified atom stereocenters. The zero-order valence-corrected chi connectivity index (χ0v) is 24.8. The molecule has 1 spiro atoms. The maximum Gasteiger partial charge on any atom is 0.182 e. The van der Waals surface area contributed by atoms with Crippen LogP contribution in [-0.4, -0.2) is 41.0 Å². The first kappa shape index (κ1) is 30.6. The van der Waals surface area contributed by atoms with Gasteiger partial charge in [0.1, 0.15) is 17.4 Å². The molecule has 1 saturated heterocycles. The van der Waals surface area contributed by atoms with Gasteiger partial charge in [-0.1, -0.05) is 34.6 Å². The van der Waals surface area contributed by atoms with Crippen LogP contribution in [0.5, 0.6) is 11.5 Å². The summed E-state index contributed by atoms with van der Waals surface area (Å²) in [5.74, 6) is 0.146. The van der Waals surface area contributed by atoms with Gasteiger partial charge in [0.05, 0.1) is 22.4 Å². The van der Waals surface area contributed by atoms with Gasteiger partial charge in [-0.3, -0.25) is 4.98 Å². The van der Waals surface area contributed by atoms with E-state index in [1.165, 1.54) is 31.0 Å². The Labute approximate surface area is 236 Å². The maximum atomic E-state index is 14.7. The number of aromatic nitrogens is 2. The number of hydrogen-bond acceptors (Lipinski definition) is 8. The van der Waals surface area contributed by atoms with E-state index in [-0.39, 0.29) is 11.3 Å². The Balaban J connectivity index is 0.00000100. The summed E-state index contributed by atoms with van der Waals surface area (Å²) in [6.07, 6.45) is 6.67. The van der Waals surface area contributed by atoms with E-state index in [4.69, 9.17) is 9.72 Å². The van der Waals surface area contributed by atoms with Crippen LogP contribution in [0.25, 0.3) is 11.0 Å². The predicted molar refractivity (Wildman–Crippen MR) is 159 cm³/mol. The van der Waals surface area contributed by atoms with Crippen molar-refractivity contribution < 1.29 is 9.13 Å². The minimum Gasteiger partial charge on any atom is -0.453 e. The van der Waals surface area contributed by atoms with E-state index in [1.807, 2.05) is 58.2 Å². The SMILES string of the molecule is CC.CC.CCN(C)SNc1ccc(F)c(Oc2ccc3ncc(C4CC5(CCNCC5)C4)nc3c2)c1C#N. The summed E-state index contributed by atoms with van der Waals surface area (Å²) in [6, 6.07) is 10.2. The first-order valence-electron chi connectivity index (χ1n) is 14.0. The van der Waals surface area contributed by atoms with E-state index in [2.05, 4.69) is 21.1 Å². The summed E-state index contributed by atoms with van der Waals surface area (Å²) in [4.78, 5) is 9.49. The molecule has 0 atom stereocenters. The molecule has 39 heavy (non-hydrogen) atoms. The Morgan fingerprint density at radius 1 is 1.15 bits per heavy atom. The molecule has 1 aromatic heterocycles. The fourth-order valence-corrected chi connectivity index (χ4v) is 5.54. The van der Waals surface area contributed by atoms with Crippen molar-refractivity contribution in [1.82, 2.24) is 19.6 Å². The molecule has 1 aliphatic heterocycles. The van der Waals surface area contributed by atoms with Gasteiger partial charge in [-0.05, 0) is 75.5 Å². The lowest BCUT2D eigenvalue weighted by Gasteiger charge is -2.50. The third-order valence-corrected chi connectivity index (χ3v) is 8.05. The minimum absolute atomic E-state index is 0.104. The Morgan fingerprint density at radius 3 is 2.54 bits per heavy atom. The van der Waals surface area contributed by atoms with E-state index in [0.717, 1.165) is 43.7 Å². The van der Waals surface area contributed by atoms with E-state index in [9.17, 15) is 9.65 Å². The molecule has 2 aliphatic rings. The van der Waals surface area contributed by atoms with Gasteiger partial charge in [0.2, 0.25) is 0 Å². The summed E-state index contributed by atoms with van der Waals surface area (Å²) in [5, 5.41) is 13.2. The quantitative estimate of drug-likeness (QED) is 0.289. The predicted octanol–water partition coefficient (Wildman–Crippen LogP) is 7.66. The summed E-state index contributed by atoms with van der Waals surface area (Å²) in [5.41, 5.74) is 3.54. The molecule has 0 radical (unpaired) electrons. The Hall–Kier alpha value is -2.93. The van der Waals surface area contributed by atoms with E-state index >= 15 is 0 Å². The average Bonchev–Trinajstić information content (AvgIpc) is 2.98. The number of rotatable bonds is 7. The Bertz CT molecular complexity index is 1270. The first-order chi connectivity index (χ1) is 19.0. The van der Waals surface area contributed by atoms with E-state index < -0.39 is 5.82 Å². The highest BCUT2D eigenvalue weighted by molar-refractivity contribution is 7.98. The highest BCUT2D eigenvalue weighted by Crippen LogP contribution is 2.55. The molecule has 0 bridgehead atoms. The van der Waals surface area contributed by atoms with Crippen LogP contribution in [0.1, 0.15) is 77.5 Å². The molecule has 9 heteroatoms. The maximum absolute atomic E-state index is 14.7. The monoisotopic (exact) mass is 552 g/mol. The normalized spacial score (nSPS) is 15.9. The van der Waals surface area contributed by atoms with Crippen LogP contribution in [0.3, 0.4) is 0 Å². The highest BCUT2D eigenvalue weighted by Gasteiger charge is 2.45. The second-order valence-electron chi connectivity index (χ2n) is 9.45. The smallest absolute Gasteiger partial charge is 0.182 e. The molecule has 3 aromatic rings. The second kappa shape index (κ2) is 14.5. The molecule has 7 nitrogen and oxygen atoms in total. The fourth-order valence-electron chi connectivity index (χ4n) is 4.99. The lowest BCUT2D eigenvalue weighted by molar-refractivity contribution is 0.0586. The van der Waals surface area contributed by atoms with Gasteiger partial charge in [-0.25, -0.2) is 13.7 Å². The number of hydrogen-bond donors (Lipinski definition) is 2. The fraction of sp³-hybridized carbons (Fsp3) is 0.500. The number of fused-ring (bicyclic) bond motifs is 1. The van der Waals surface area contributed by atoms with Crippen LogP contribution >= 0.6 is 12.1 Å². The van der Waals surface area contributed by atoms with Gasteiger partial charge < -0.3 is 14.8 Å². The van der Waals surface area contributed by atoms with Crippen molar-refractivity contribution in [3.05, 3.63) is 53.6 Å². The van der Waals surface area contributed by atoms with Crippen molar-refractivity contribution >= 4 is 28.9 Å². The summed E-state index contributed by atoms with van der Waals surface area (Å²) in [6.45, 7) is 13.0. The van der Waals surface area contributed by atoms with Gasteiger partial charge in [0, 0.05) is 36.9 Å². The Morgan fingerprint density at radius 2 is 1.87 bits per heavy atom. The minimum atomic E-state index is -0.595. The van der Waals surface area contributed by atoms with E-state index in [0.29, 0.717) is 28.3 Å². The lowest BCUT2D eigenvalue weighted by Crippen LogP contribution is -2.44. The molecule has 5 rings (SSSR count). The molecule has 1 aliphatic carbocycles. The number of ether oxygens (including phenoxy) is 1. The summed E-state index contributed by atoms with van der Waals surface area (Å²) < 4.78 is 25.7. The molecular weight excluding hydrogens is 511 g/mol. The van der Waals surface area contributed by atoms with Crippen molar-refractivity contribution in [2.75, 3.05) is 31.4 Å². The highest BCUT2D eigenvalue weighted by atomic mass is 32.2.